The van der Waals surface area contributed by atoms with Crippen molar-refractivity contribution >= 4 is 24.4 Å². The van der Waals surface area contributed by atoms with Gasteiger partial charge in [-0.2, -0.15) is 12.6 Å². The molecule has 1 aromatic heterocycles. The summed E-state index contributed by atoms with van der Waals surface area (Å²) in [6, 6.07) is 1.56. The van der Waals surface area contributed by atoms with Crippen LogP contribution in [0.15, 0.2) is 28.2 Å². The number of nitrogens with one attached hydrogen (secondary N) is 1. The largest absolute Gasteiger partial charge is 0.301 e. The molecule has 0 fully saturated rings. The van der Waals surface area contributed by atoms with E-state index in [4.69, 9.17) is 0 Å². The van der Waals surface area contributed by atoms with Gasteiger partial charge in [0.05, 0.1) is 0 Å². The zero-order chi connectivity index (χ0) is 12.0. The van der Waals surface area contributed by atoms with E-state index in [0.29, 0.717) is 10.9 Å². The number of nitrogens with zero attached hydrogens (tertiary/aromatic N) is 1. The number of rotatable bonds is 6. The molecule has 0 radical (unpaired) electrons. The summed E-state index contributed by atoms with van der Waals surface area (Å²) < 4.78 is 0. The molecule has 0 aliphatic rings. The first-order chi connectivity index (χ1) is 7.65. The molecule has 1 rings (SSSR count). The summed E-state index contributed by atoms with van der Waals surface area (Å²) in [5, 5.41) is 0.666. The Hall–Kier alpha value is -0.680. The molecule has 0 unspecified atom stereocenters. The summed E-state index contributed by atoms with van der Waals surface area (Å²) in [5.41, 5.74) is 1.79. The summed E-state index contributed by atoms with van der Waals surface area (Å²) in [6.45, 7) is 5.92. The lowest BCUT2D eigenvalue weighted by molar-refractivity contribution is 0.816. The Morgan fingerprint density at radius 2 is 2.44 bits per heavy atom. The molecule has 1 N–H and O–H groups in total. The highest BCUT2D eigenvalue weighted by atomic mass is 32.2. The van der Waals surface area contributed by atoms with E-state index in [1.165, 1.54) is 11.8 Å². The van der Waals surface area contributed by atoms with Crippen molar-refractivity contribution in [3.05, 3.63) is 34.3 Å². The van der Waals surface area contributed by atoms with Gasteiger partial charge in [0.2, 0.25) is 0 Å². The molecular formula is C11H16N2OS2. The summed E-state index contributed by atoms with van der Waals surface area (Å²) >= 11 is 5.62. The van der Waals surface area contributed by atoms with Crippen molar-refractivity contribution in [3.8, 4) is 0 Å². The average Bonchev–Trinajstić information content (AvgIpc) is 2.25. The number of aromatic nitrogens is 2. The van der Waals surface area contributed by atoms with E-state index in [-0.39, 0.29) is 5.56 Å². The van der Waals surface area contributed by atoms with Crippen LogP contribution in [0.2, 0.25) is 0 Å². The molecule has 88 valence electrons. The van der Waals surface area contributed by atoms with Gasteiger partial charge in [0.1, 0.15) is 0 Å². The normalized spacial score (nSPS) is 10.4. The molecule has 0 aliphatic carbocycles. The van der Waals surface area contributed by atoms with Crippen LogP contribution in [0.3, 0.4) is 0 Å². The van der Waals surface area contributed by atoms with E-state index in [2.05, 4.69) is 36.1 Å². The second-order valence-electron chi connectivity index (χ2n) is 3.49. The molecule has 0 bridgehead atoms. The van der Waals surface area contributed by atoms with Crippen LogP contribution in [0.5, 0.6) is 0 Å². The highest BCUT2D eigenvalue weighted by Gasteiger charge is 2.02. The molecule has 1 heterocycles. The fourth-order valence-corrected chi connectivity index (χ4v) is 2.21. The number of thioether (sulfide) groups is 1. The van der Waals surface area contributed by atoms with Gasteiger partial charge in [-0.15, -0.1) is 0 Å². The maximum atomic E-state index is 11.4. The first kappa shape index (κ1) is 13.4. The first-order valence-corrected chi connectivity index (χ1v) is 6.78. The molecule has 5 heteroatoms. The molecule has 0 aliphatic heterocycles. The second-order valence-corrected chi connectivity index (χ2v) is 4.77. The van der Waals surface area contributed by atoms with E-state index >= 15 is 0 Å². The average molecular weight is 256 g/mol. The number of hydrogen-bond acceptors (Lipinski definition) is 4. The van der Waals surface area contributed by atoms with Gasteiger partial charge >= 0.3 is 0 Å². The van der Waals surface area contributed by atoms with Crippen LogP contribution >= 0.6 is 24.4 Å². The predicted molar refractivity (Wildman–Crippen MR) is 72.6 cm³/mol. The van der Waals surface area contributed by atoms with E-state index in [9.17, 15) is 4.79 Å². The van der Waals surface area contributed by atoms with Crippen LogP contribution in [0.1, 0.15) is 19.0 Å². The Morgan fingerprint density at radius 1 is 1.69 bits per heavy atom. The minimum Gasteiger partial charge on any atom is -0.301 e. The number of H-pyrrole nitrogens is 1. The summed E-state index contributed by atoms with van der Waals surface area (Å²) in [5.74, 6) is 1.40. The van der Waals surface area contributed by atoms with E-state index in [1.807, 2.05) is 0 Å². The lowest BCUT2D eigenvalue weighted by atomic mass is 10.2. The second kappa shape index (κ2) is 6.81. The predicted octanol–water partition coefficient (Wildman–Crippen LogP) is 2.30. The van der Waals surface area contributed by atoms with Gasteiger partial charge < -0.3 is 4.98 Å². The van der Waals surface area contributed by atoms with Crippen LogP contribution in [0, 0.1) is 0 Å². The van der Waals surface area contributed by atoms with Crippen LogP contribution in [0.4, 0.5) is 0 Å². The highest BCUT2D eigenvalue weighted by molar-refractivity contribution is 7.99. The van der Waals surface area contributed by atoms with Crippen LogP contribution in [0.25, 0.3) is 0 Å². The fraction of sp³-hybridized carbons (Fsp3) is 0.455. The van der Waals surface area contributed by atoms with Crippen molar-refractivity contribution in [2.45, 2.75) is 24.9 Å². The molecule has 0 aromatic carbocycles. The van der Waals surface area contributed by atoms with E-state index in [0.717, 1.165) is 29.9 Å². The Morgan fingerprint density at radius 3 is 3.06 bits per heavy atom. The van der Waals surface area contributed by atoms with Gasteiger partial charge in [-0.3, -0.25) is 4.79 Å². The number of aromatic amines is 1. The smallest absolute Gasteiger partial charge is 0.251 e. The topological polar surface area (TPSA) is 45.8 Å². The maximum Gasteiger partial charge on any atom is 0.251 e. The fourth-order valence-electron chi connectivity index (χ4n) is 1.15. The number of aryl methyl sites for hydroxylation is 1. The third-order valence-electron chi connectivity index (χ3n) is 1.92. The SMILES string of the molecule is C=C(CS)CSc1nc(CCC)cc(=O)[nH]1. The zero-order valence-corrected chi connectivity index (χ0v) is 11.0. The van der Waals surface area contributed by atoms with Gasteiger partial charge in [0.25, 0.3) is 5.56 Å². The monoisotopic (exact) mass is 256 g/mol. The summed E-state index contributed by atoms with van der Waals surface area (Å²) in [4.78, 5) is 18.4. The van der Waals surface area contributed by atoms with Crippen molar-refractivity contribution < 1.29 is 0 Å². The molecule has 1 aromatic rings. The minimum atomic E-state index is -0.0857. The van der Waals surface area contributed by atoms with Crippen molar-refractivity contribution in [3.63, 3.8) is 0 Å². The van der Waals surface area contributed by atoms with E-state index < -0.39 is 0 Å². The van der Waals surface area contributed by atoms with E-state index in [1.54, 1.807) is 6.07 Å². The number of hydrogen-bond donors (Lipinski definition) is 2. The first-order valence-electron chi connectivity index (χ1n) is 5.16. The van der Waals surface area contributed by atoms with Gasteiger partial charge in [-0.05, 0) is 6.42 Å². The molecule has 0 amide bonds. The summed E-state index contributed by atoms with van der Waals surface area (Å²) in [7, 11) is 0. The van der Waals surface area contributed by atoms with Crippen LogP contribution in [-0.4, -0.2) is 21.5 Å². The standard InChI is InChI=1S/C11H16N2OS2/c1-3-4-9-5-10(14)13-11(12-9)16-7-8(2)6-15/h5,15H,2-4,6-7H2,1H3,(H,12,13,14). The highest BCUT2D eigenvalue weighted by Crippen LogP contribution is 2.15. The molecule has 16 heavy (non-hydrogen) atoms. The number of thiol groups is 1. The van der Waals surface area contributed by atoms with Crippen LogP contribution in [-0.2, 0) is 6.42 Å². The van der Waals surface area contributed by atoms with Gasteiger partial charge in [-0.1, -0.05) is 37.3 Å². The third kappa shape index (κ3) is 4.45. The molecule has 0 saturated heterocycles. The Labute approximate surface area is 105 Å². The maximum absolute atomic E-state index is 11.4. The molecule has 3 nitrogen and oxygen atoms in total. The van der Waals surface area contributed by atoms with Crippen molar-refractivity contribution in [2.75, 3.05) is 11.5 Å². The summed E-state index contributed by atoms with van der Waals surface area (Å²) in [6.07, 6.45) is 1.83. The quantitative estimate of drug-likeness (QED) is 0.355. The Balaban J connectivity index is 2.72. The zero-order valence-electron chi connectivity index (χ0n) is 9.32. The minimum absolute atomic E-state index is 0.0857. The molecular weight excluding hydrogens is 240 g/mol. The Bertz CT molecular complexity index is 415. The molecule has 0 spiro atoms. The third-order valence-corrected chi connectivity index (χ3v) is 3.38. The van der Waals surface area contributed by atoms with Gasteiger partial charge in [-0.25, -0.2) is 4.98 Å². The van der Waals surface area contributed by atoms with Crippen LogP contribution < -0.4 is 5.56 Å². The molecule has 0 saturated carbocycles. The van der Waals surface area contributed by atoms with Crippen molar-refractivity contribution in [1.82, 2.24) is 9.97 Å². The molecule has 0 atom stereocenters. The van der Waals surface area contributed by atoms with Gasteiger partial charge in [0, 0.05) is 23.3 Å². The Kier molecular flexibility index (Phi) is 5.69. The lowest BCUT2D eigenvalue weighted by Crippen LogP contribution is -2.10. The van der Waals surface area contributed by atoms with Gasteiger partial charge in [0.15, 0.2) is 5.16 Å². The van der Waals surface area contributed by atoms with Crippen molar-refractivity contribution in [1.29, 1.82) is 0 Å². The lowest BCUT2D eigenvalue weighted by Gasteiger charge is -2.03. The van der Waals surface area contributed by atoms with Crippen molar-refractivity contribution in [2.24, 2.45) is 0 Å².